The second-order valence-corrected chi connectivity index (χ2v) is 8.11. The minimum atomic E-state index is -4.38. The van der Waals surface area contributed by atoms with Gasteiger partial charge in [-0.05, 0) is 42.7 Å². The molecular weight excluding hydrogens is 472 g/mol. The first-order chi connectivity index (χ1) is 16.6. The molecule has 186 valence electrons. The lowest BCUT2D eigenvalue weighted by Gasteiger charge is -2.19. The molecule has 2 aromatic heterocycles. The van der Waals surface area contributed by atoms with E-state index in [4.69, 9.17) is 9.84 Å². The van der Waals surface area contributed by atoms with Crippen molar-refractivity contribution in [3.05, 3.63) is 80.5 Å². The summed E-state index contributed by atoms with van der Waals surface area (Å²) in [6, 6.07) is 5.38. The summed E-state index contributed by atoms with van der Waals surface area (Å²) in [7, 11) is 1.42. The number of aromatic nitrogens is 4. The molecule has 0 aliphatic heterocycles. The lowest BCUT2D eigenvalue weighted by atomic mass is 10.00. The molecule has 1 atom stereocenters. The van der Waals surface area contributed by atoms with Gasteiger partial charge < -0.3 is 9.84 Å². The molecule has 8 nitrogen and oxygen atoms in total. The van der Waals surface area contributed by atoms with Gasteiger partial charge in [0.05, 0.1) is 12.5 Å². The summed E-state index contributed by atoms with van der Waals surface area (Å²) in [5.74, 6) is -1.98. The molecule has 35 heavy (non-hydrogen) atoms. The fraction of sp³-hybridized carbons (Fsp3) is 0.348. The number of alkyl halides is 3. The van der Waals surface area contributed by atoms with Crippen LogP contribution in [0.25, 0.3) is 11.2 Å². The van der Waals surface area contributed by atoms with E-state index in [1.807, 2.05) is 0 Å². The van der Waals surface area contributed by atoms with Crippen molar-refractivity contribution in [1.29, 1.82) is 0 Å². The zero-order valence-corrected chi connectivity index (χ0v) is 18.6. The number of halogens is 4. The van der Waals surface area contributed by atoms with Crippen LogP contribution in [0, 0.1) is 11.7 Å². The highest BCUT2D eigenvalue weighted by atomic mass is 19.4. The maximum absolute atomic E-state index is 13.4. The van der Waals surface area contributed by atoms with Crippen LogP contribution < -0.4 is 16.0 Å². The van der Waals surface area contributed by atoms with Gasteiger partial charge in [0.25, 0.3) is 5.56 Å². The fourth-order valence-corrected chi connectivity index (χ4v) is 3.80. The van der Waals surface area contributed by atoms with Crippen molar-refractivity contribution >= 4 is 11.2 Å². The highest BCUT2D eigenvalue weighted by Gasteiger charge is 2.38. The van der Waals surface area contributed by atoms with Crippen molar-refractivity contribution in [2.24, 2.45) is 13.0 Å². The monoisotopic (exact) mass is 494 g/mol. The van der Waals surface area contributed by atoms with Crippen molar-refractivity contribution in [2.45, 2.75) is 32.1 Å². The Labute approximate surface area is 196 Å². The van der Waals surface area contributed by atoms with Crippen molar-refractivity contribution < 1.29 is 27.4 Å². The highest BCUT2D eigenvalue weighted by molar-refractivity contribution is 5.72. The zero-order chi connectivity index (χ0) is 25.3. The molecule has 0 bridgehead atoms. The first-order valence-corrected chi connectivity index (χ1v) is 10.8. The second kappa shape index (κ2) is 9.53. The lowest BCUT2D eigenvalue weighted by molar-refractivity contribution is -0.160. The van der Waals surface area contributed by atoms with Gasteiger partial charge in [0.15, 0.2) is 11.2 Å². The van der Waals surface area contributed by atoms with Crippen LogP contribution in [0.4, 0.5) is 17.6 Å². The van der Waals surface area contributed by atoms with Crippen molar-refractivity contribution in [1.82, 2.24) is 18.7 Å². The molecule has 0 radical (unpaired) electrons. The largest absolute Gasteiger partial charge is 0.426 e. The molecule has 0 saturated carbocycles. The Morgan fingerprint density at radius 1 is 1.17 bits per heavy atom. The SMILES string of the molecule is Cn1c(=O)n(CCCO)c(=O)c2c1nc(OC1=CCC(C(F)(F)F)C=C1)n2Cc1ccc(F)cc1. The Hall–Kier alpha value is -3.67. The predicted molar refractivity (Wildman–Crippen MR) is 118 cm³/mol. The number of hydrogen-bond donors (Lipinski definition) is 1. The number of imidazole rings is 1. The molecule has 1 aromatic carbocycles. The minimum Gasteiger partial charge on any atom is -0.426 e. The van der Waals surface area contributed by atoms with Gasteiger partial charge in [0.1, 0.15) is 11.6 Å². The van der Waals surface area contributed by atoms with Gasteiger partial charge in [-0.1, -0.05) is 18.2 Å². The number of allylic oxidation sites excluding steroid dienone is 3. The van der Waals surface area contributed by atoms with E-state index in [-0.39, 0.29) is 55.5 Å². The van der Waals surface area contributed by atoms with Gasteiger partial charge in [-0.3, -0.25) is 18.5 Å². The van der Waals surface area contributed by atoms with Crippen LogP contribution in [0.2, 0.25) is 0 Å². The summed E-state index contributed by atoms with van der Waals surface area (Å²) in [6.07, 6.45) is -1.08. The molecule has 4 rings (SSSR count). The number of nitrogens with zero attached hydrogens (tertiary/aromatic N) is 4. The standard InChI is InChI=1S/C23H22F4N4O4/c1-29-19-18(20(33)30(22(29)34)11-2-12-32)31(13-14-3-7-16(24)8-4-14)21(28-19)35-17-9-5-15(6-10-17)23(25,26)27/h3-5,7-10,15,32H,2,6,11-13H2,1H3. The van der Waals surface area contributed by atoms with E-state index >= 15 is 0 Å². The van der Waals surface area contributed by atoms with Crippen LogP contribution in [0.5, 0.6) is 6.01 Å². The van der Waals surface area contributed by atoms with Gasteiger partial charge >= 0.3 is 17.9 Å². The molecular formula is C23H22F4N4O4. The molecule has 12 heteroatoms. The van der Waals surface area contributed by atoms with E-state index in [1.54, 1.807) is 0 Å². The van der Waals surface area contributed by atoms with Crippen LogP contribution in [0.1, 0.15) is 18.4 Å². The third kappa shape index (κ3) is 4.92. The molecule has 0 fully saturated rings. The normalized spacial score (nSPS) is 16.1. The van der Waals surface area contributed by atoms with Gasteiger partial charge in [-0.25, -0.2) is 9.18 Å². The second-order valence-electron chi connectivity index (χ2n) is 8.11. The predicted octanol–water partition coefficient (Wildman–Crippen LogP) is 2.87. The Balaban J connectivity index is 1.82. The Morgan fingerprint density at radius 2 is 1.89 bits per heavy atom. The smallest absolute Gasteiger partial charge is 0.395 e. The summed E-state index contributed by atoms with van der Waals surface area (Å²) in [6.45, 7) is -0.236. The van der Waals surface area contributed by atoms with Crippen LogP contribution in [0.15, 0.2) is 57.8 Å². The first kappa shape index (κ1) is 24.5. The first-order valence-electron chi connectivity index (χ1n) is 10.8. The van der Waals surface area contributed by atoms with E-state index < -0.39 is 29.2 Å². The lowest BCUT2D eigenvalue weighted by Crippen LogP contribution is -2.39. The third-order valence-corrected chi connectivity index (χ3v) is 5.69. The van der Waals surface area contributed by atoms with Gasteiger partial charge in [0.2, 0.25) is 0 Å². The molecule has 1 aliphatic carbocycles. The number of aliphatic hydroxyl groups is 1. The fourth-order valence-electron chi connectivity index (χ4n) is 3.80. The van der Waals surface area contributed by atoms with Crippen molar-refractivity contribution in [2.75, 3.05) is 6.61 Å². The van der Waals surface area contributed by atoms with Crippen LogP contribution in [-0.4, -0.2) is 36.6 Å². The van der Waals surface area contributed by atoms with Gasteiger partial charge in [-0.2, -0.15) is 18.2 Å². The molecule has 3 aromatic rings. The summed E-state index contributed by atoms with van der Waals surface area (Å²) >= 11 is 0. The molecule has 0 amide bonds. The van der Waals surface area contributed by atoms with Crippen molar-refractivity contribution in [3.8, 4) is 6.01 Å². The van der Waals surface area contributed by atoms with E-state index in [9.17, 15) is 27.2 Å². The van der Waals surface area contributed by atoms with Crippen molar-refractivity contribution in [3.63, 3.8) is 0 Å². The number of fused-ring (bicyclic) bond motifs is 1. The Bertz CT molecular complexity index is 1420. The topological polar surface area (TPSA) is 91.3 Å². The Morgan fingerprint density at radius 3 is 2.49 bits per heavy atom. The Kier molecular flexibility index (Phi) is 6.66. The van der Waals surface area contributed by atoms with Crippen LogP contribution in [0.3, 0.4) is 0 Å². The molecule has 0 spiro atoms. The van der Waals surface area contributed by atoms with Gasteiger partial charge in [0, 0.05) is 20.2 Å². The van der Waals surface area contributed by atoms with Crippen LogP contribution in [-0.2, 0) is 20.1 Å². The number of ether oxygens (including phenoxy) is 1. The molecule has 1 aliphatic rings. The average molecular weight is 494 g/mol. The van der Waals surface area contributed by atoms with E-state index in [0.29, 0.717) is 5.56 Å². The third-order valence-electron chi connectivity index (χ3n) is 5.69. The number of hydrogen-bond acceptors (Lipinski definition) is 5. The summed E-state index contributed by atoms with van der Waals surface area (Å²) in [4.78, 5) is 30.3. The van der Waals surface area contributed by atoms with Gasteiger partial charge in [-0.15, -0.1) is 0 Å². The van der Waals surface area contributed by atoms with Crippen LogP contribution >= 0.6 is 0 Å². The molecule has 2 heterocycles. The maximum atomic E-state index is 13.4. The summed E-state index contributed by atoms with van der Waals surface area (Å²) in [5, 5.41) is 9.14. The molecule has 0 saturated heterocycles. The maximum Gasteiger partial charge on any atom is 0.395 e. The summed E-state index contributed by atoms with van der Waals surface area (Å²) in [5.41, 5.74) is -0.662. The molecule has 1 N–H and O–H groups in total. The quantitative estimate of drug-likeness (QED) is 0.510. The van der Waals surface area contributed by atoms with E-state index in [0.717, 1.165) is 15.2 Å². The average Bonchev–Trinajstić information content (AvgIpc) is 3.17. The number of aliphatic hydroxyl groups excluding tert-OH is 1. The number of rotatable bonds is 7. The summed E-state index contributed by atoms with van der Waals surface area (Å²) < 4.78 is 61.6. The number of aryl methyl sites for hydroxylation is 1. The minimum absolute atomic E-state index is 0.0156. The van der Waals surface area contributed by atoms with E-state index in [2.05, 4.69) is 4.98 Å². The zero-order valence-electron chi connectivity index (χ0n) is 18.6. The highest BCUT2D eigenvalue weighted by Crippen LogP contribution is 2.33. The van der Waals surface area contributed by atoms with E-state index in [1.165, 1.54) is 48.0 Å². The molecule has 1 unspecified atom stereocenters. The number of benzene rings is 1.